The number of amides is 1. The smallest absolute Gasteiger partial charge is 0.223 e. The van der Waals surface area contributed by atoms with Crippen molar-refractivity contribution in [2.45, 2.75) is 58.1 Å². The van der Waals surface area contributed by atoms with Crippen LogP contribution in [0.2, 0.25) is 0 Å². The van der Waals surface area contributed by atoms with Gasteiger partial charge in [-0.05, 0) is 57.1 Å². The first-order valence-corrected chi connectivity index (χ1v) is 10.1. The Morgan fingerprint density at radius 1 is 1.11 bits per heavy atom. The molecule has 0 atom stereocenters. The van der Waals surface area contributed by atoms with E-state index in [0.717, 1.165) is 43.0 Å². The van der Waals surface area contributed by atoms with Gasteiger partial charge in [0.25, 0.3) is 0 Å². The van der Waals surface area contributed by atoms with E-state index in [1.807, 2.05) is 0 Å². The lowest BCUT2D eigenvalue weighted by Gasteiger charge is -2.18. The van der Waals surface area contributed by atoms with Gasteiger partial charge in [-0.15, -0.1) is 24.0 Å². The molecule has 0 spiro atoms. The molecular weight excluding hydrogens is 467 g/mol. The van der Waals surface area contributed by atoms with Gasteiger partial charge in [0.15, 0.2) is 5.96 Å². The van der Waals surface area contributed by atoms with Crippen LogP contribution < -0.4 is 20.7 Å². The van der Waals surface area contributed by atoms with E-state index in [2.05, 4.69) is 46.1 Å². The quantitative estimate of drug-likeness (QED) is 0.222. The number of carbonyl (C=O) groups excluding carboxylic acids is 1. The van der Waals surface area contributed by atoms with Gasteiger partial charge in [0.1, 0.15) is 5.75 Å². The first-order valence-electron chi connectivity index (χ1n) is 10.1. The van der Waals surface area contributed by atoms with Crippen LogP contribution in [0.4, 0.5) is 0 Å². The second-order valence-electron chi connectivity index (χ2n) is 7.55. The summed E-state index contributed by atoms with van der Waals surface area (Å²) in [4.78, 5) is 15.9. The zero-order chi connectivity index (χ0) is 19.1. The number of nitrogens with one attached hydrogen (secondary N) is 3. The van der Waals surface area contributed by atoms with Crippen molar-refractivity contribution in [2.75, 3.05) is 20.1 Å². The molecule has 2 aliphatic rings. The number of aryl methyl sites for hydroxylation is 1. The van der Waals surface area contributed by atoms with Crippen molar-refractivity contribution in [1.82, 2.24) is 16.0 Å². The minimum absolute atomic E-state index is 0. The molecule has 2 fully saturated rings. The van der Waals surface area contributed by atoms with Crippen LogP contribution in [0.15, 0.2) is 23.2 Å². The lowest BCUT2D eigenvalue weighted by Crippen LogP contribution is -2.41. The van der Waals surface area contributed by atoms with Crippen molar-refractivity contribution in [2.24, 2.45) is 10.9 Å². The minimum atomic E-state index is 0. The van der Waals surface area contributed by atoms with E-state index in [-0.39, 0.29) is 35.8 Å². The maximum atomic E-state index is 11.6. The van der Waals surface area contributed by atoms with Crippen LogP contribution >= 0.6 is 24.0 Å². The number of carbonyl (C=O) groups is 1. The largest absolute Gasteiger partial charge is 0.490 e. The van der Waals surface area contributed by atoms with Crippen LogP contribution in [0.1, 0.15) is 49.7 Å². The fourth-order valence-electron chi connectivity index (χ4n) is 3.36. The Bertz CT molecular complexity index is 670. The fraction of sp³-hybridized carbons (Fsp3) is 0.619. The minimum Gasteiger partial charge on any atom is -0.490 e. The standard InChI is InChI=1S/C21H32N4O2.HI/c1-15-7-8-17(19(13-15)27-18-5-3-4-6-18)14-25-21(22-2)24-12-11-23-20(26)16-9-10-16;/h7-8,13,16,18H,3-6,9-12,14H2,1-2H3,(H,23,26)(H2,22,24,25);1H. The lowest BCUT2D eigenvalue weighted by molar-refractivity contribution is -0.122. The number of halogens is 1. The van der Waals surface area contributed by atoms with Crippen LogP contribution in [0.3, 0.4) is 0 Å². The van der Waals surface area contributed by atoms with Crippen LogP contribution in [0.25, 0.3) is 0 Å². The topological polar surface area (TPSA) is 74.8 Å². The van der Waals surface area contributed by atoms with Crippen LogP contribution in [0, 0.1) is 12.8 Å². The molecule has 1 aromatic carbocycles. The summed E-state index contributed by atoms with van der Waals surface area (Å²) in [7, 11) is 1.75. The van der Waals surface area contributed by atoms with E-state index in [1.54, 1.807) is 7.05 Å². The van der Waals surface area contributed by atoms with Crippen LogP contribution in [-0.4, -0.2) is 38.1 Å². The molecule has 0 aliphatic heterocycles. The third kappa shape index (κ3) is 7.14. The highest BCUT2D eigenvalue weighted by atomic mass is 127. The summed E-state index contributed by atoms with van der Waals surface area (Å²) in [5.41, 5.74) is 2.35. The molecule has 156 valence electrons. The van der Waals surface area contributed by atoms with E-state index in [4.69, 9.17) is 4.74 Å². The van der Waals surface area contributed by atoms with Crippen molar-refractivity contribution in [3.63, 3.8) is 0 Å². The van der Waals surface area contributed by atoms with Gasteiger partial charge < -0.3 is 20.7 Å². The fourth-order valence-corrected chi connectivity index (χ4v) is 3.36. The number of hydrogen-bond donors (Lipinski definition) is 3. The highest BCUT2D eigenvalue weighted by Gasteiger charge is 2.28. The van der Waals surface area contributed by atoms with Crippen molar-refractivity contribution in [3.8, 4) is 5.75 Å². The molecule has 6 nitrogen and oxygen atoms in total. The molecule has 0 unspecified atom stereocenters. The van der Waals surface area contributed by atoms with E-state index < -0.39 is 0 Å². The van der Waals surface area contributed by atoms with Crippen molar-refractivity contribution < 1.29 is 9.53 Å². The van der Waals surface area contributed by atoms with Gasteiger partial charge in [-0.25, -0.2) is 0 Å². The maximum absolute atomic E-state index is 11.6. The Kier molecular flexibility index (Phi) is 9.34. The summed E-state index contributed by atoms with van der Waals surface area (Å²) in [5, 5.41) is 9.53. The van der Waals surface area contributed by atoms with Gasteiger partial charge in [0.05, 0.1) is 6.10 Å². The molecule has 0 bridgehead atoms. The zero-order valence-corrected chi connectivity index (χ0v) is 19.3. The molecule has 0 aromatic heterocycles. The molecule has 1 amide bonds. The molecule has 0 heterocycles. The number of rotatable bonds is 8. The summed E-state index contributed by atoms with van der Waals surface area (Å²) in [6, 6.07) is 6.36. The molecule has 3 N–H and O–H groups in total. The number of aliphatic imine (C=N–C) groups is 1. The van der Waals surface area contributed by atoms with E-state index >= 15 is 0 Å². The Balaban J connectivity index is 0.00000280. The normalized spacial score (nSPS) is 17.0. The summed E-state index contributed by atoms with van der Waals surface area (Å²) in [6.07, 6.45) is 7.23. The Labute approximate surface area is 185 Å². The summed E-state index contributed by atoms with van der Waals surface area (Å²) in [5.74, 6) is 2.12. The van der Waals surface area contributed by atoms with Gasteiger partial charge in [-0.3, -0.25) is 9.79 Å². The molecule has 3 rings (SSSR count). The Morgan fingerprint density at radius 2 is 1.82 bits per heavy atom. The predicted molar refractivity (Wildman–Crippen MR) is 123 cm³/mol. The summed E-state index contributed by atoms with van der Waals surface area (Å²) < 4.78 is 6.26. The van der Waals surface area contributed by atoms with Crippen LogP contribution in [0.5, 0.6) is 5.75 Å². The van der Waals surface area contributed by atoms with Crippen molar-refractivity contribution in [1.29, 1.82) is 0 Å². The molecule has 0 radical (unpaired) electrons. The molecule has 1 aromatic rings. The van der Waals surface area contributed by atoms with E-state index in [9.17, 15) is 4.79 Å². The number of hydrogen-bond acceptors (Lipinski definition) is 3. The van der Waals surface area contributed by atoms with E-state index in [0.29, 0.717) is 25.7 Å². The second kappa shape index (κ2) is 11.5. The Hall–Kier alpha value is -1.51. The molecule has 28 heavy (non-hydrogen) atoms. The second-order valence-corrected chi connectivity index (χ2v) is 7.55. The van der Waals surface area contributed by atoms with Gasteiger partial charge in [0.2, 0.25) is 5.91 Å². The Morgan fingerprint density at radius 3 is 2.50 bits per heavy atom. The number of nitrogens with zero attached hydrogens (tertiary/aromatic N) is 1. The number of benzene rings is 1. The van der Waals surface area contributed by atoms with Gasteiger partial charge in [0, 0.05) is 38.2 Å². The average Bonchev–Trinajstić information content (AvgIpc) is 3.40. The molecule has 2 saturated carbocycles. The summed E-state index contributed by atoms with van der Waals surface area (Å²) in [6.45, 7) is 4.00. The maximum Gasteiger partial charge on any atom is 0.223 e. The zero-order valence-electron chi connectivity index (χ0n) is 16.9. The van der Waals surface area contributed by atoms with Gasteiger partial charge in [-0.1, -0.05) is 12.1 Å². The molecular formula is C21H33IN4O2. The molecule has 7 heteroatoms. The van der Waals surface area contributed by atoms with Crippen molar-refractivity contribution in [3.05, 3.63) is 29.3 Å². The van der Waals surface area contributed by atoms with Gasteiger partial charge in [-0.2, -0.15) is 0 Å². The highest BCUT2D eigenvalue weighted by Crippen LogP contribution is 2.29. The first kappa shape index (κ1) is 22.8. The third-order valence-electron chi connectivity index (χ3n) is 5.15. The molecule has 2 aliphatic carbocycles. The van der Waals surface area contributed by atoms with Gasteiger partial charge >= 0.3 is 0 Å². The predicted octanol–water partition coefficient (Wildman–Crippen LogP) is 3.13. The molecule has 0 saturated heterocycles. The summed E-state index contributed by atoms with van der Waals surface area (Å²) >= 11 is 0. The van der Waals surface area contributed by atoms with E-state index in [1.165, 1.54) is 18.4 Å². The van der Waals surface area contributed by atoms with Crippen LogP contribution in [-0.2, 0) is 11.3 Å². The average molecular weight is 500 g/mol. The number of ether oxygens (including phenoxy) is 1. The monoisotopic (exact) mass is 500 g/mol. The SMILES string of the molecule is CN=C(NCCNC(=O)C1CC1)NCc1ccc(C)cc1OC1CCCC1.I. The highest BCUT2D eigenvalue weighted by molar-refractivity contribution is 14.0. The van der Waals surface area contributed by atoms with Crippen molar-refractivity contribution >= 4 is 35.8 Å². The third-order valence-corrected chi connectivity index (χ3v) is 5.15. The first-order chi connectivity index (χ1) is 13.2. The lowest BCUT2D eigenvalue weighted by atomic mass is 10.1. The number of guanidine groups is 1.